The van der Waals surface area contributed by atoms with E-state index in [4.69, 9.17) is 18.0 Å². The average Bonchev–Trinajstić information content (AvgIpc) is 2.74. The van der Waals surface area contributed by atoms with Gasteiger partial charge in [0.25, 0.3) is 0 Å². The predicted octanol–water partition coefficient (Wildman–Crippen LogP) is 1.11. The van der Waals surface area contributed by atoms with Crippen molar-refractivity contribution >= 4 is 38.6 Å². The van der Waals surface area contributed by atoms with Crippen molar-refractivity contribution in [3.8, 4) is 0 Å². The second-order valence-electron chi connectivity index (χ2n) is 4.04. The van der Waals surface area contributed by atoms with Crippen molar-refractivity contribution in [2.24, 2.45) is 5.73 Å². The molecule has 0 aliphatic carbocycles. The lowest BCUT2D eigenvalue weighted by Crippen LogP contribution is -2.44. The predicted molar refractivity (Wildman–Crippen MR) is 73.6 cm³/mol. The van der Waals surface area contributed by atoms with Crippen molar-refractivity contribution in [2.45, 2.75) is 25.1 Å². The highest BCUT2D eigenvalue weighted by molar-refractivity contribution is 7.92. The van der Waals surface area contributed by atoms with Crippen LogP contribution in [0, 0.1) is 0 Å². The molecule has 1 aliphatic heterocycles. The molecule has 1 aliphatic rings. The number of rotatable bonds is 3. The second-order valence-corrected chi connectivity index (χ2v) is 7.77. The molecule has 17 heavy (non-hydrogen) atoms. The van der Waals surface area contributed by atoms with Crippen LogP contribution < -0.4 is 5.73 Å². The van der Waals surface area contributed by atoms with Crippen molar-refractivity contribution in [3.05, 3.63) is 21.9 Å². The summed E-state index contributed by atoms with van der Waals surface area (Å²) in [5, 5.41) is 1.20. The molecule has 0 bridgehead atoms. The van der Waals surface area contributed by atoms with Crippen LogP contribution in [0.4, 0.5) is 0 Å². The molecule has 0 spiro atoms. The Balaban J connectivity index is 2.24. The summed E-state index contributed by atoms with van der Waals surface area (Å²) in [5.41, 5.74) is 6.53. The molecule has 0 aromatic carbocycles. The van der Waals surface area contributed by atoms with Gasteiger partial charge in [0.05, 0.1) is 4.99 Å². The van der Waals surface area contributed by atoms with Crippen LogP contribution >= 0.6 is 23.6 Å². The highest BCUT2D eigenvalue weighted by atomic mass is 32.2. The number of fused-ring (bicyclic) bond motifs is 1. The SMILES string of the molecule is CC(C(N)=S)S(=O)(=O)N1CCc2sccc2C1. The van der Waals surface area contributed by atoms with Gasteiger partial charge in [0.15, 0.2) is 0 Å². The lowest BCUT2D eigenvalue weighted by atomic mass is 10.1. The van der Waals surface area contributed by atoms with Crippen LogP contribution in [0.1, 0.15) is 17.4 Å². The van der Waals surface area contributed by atoms with E-state index in [1.54, 1.807) is 18.3 Å². The molecule has 0 fully saturated rings. The molecule has 0 amide bonds. The number of hydrogen-bond acceptors (Lipinski definition) is 4. The van der Waals surface area contributed by atoms with Crippen LogP contribution in [0.5, 0.6) is 0 Å². The fourth-order valence-corrected chi connectivity index (χ4v) is 4.47. The maximum Gasteiger partial charge on any atom is 0.223 e. The Morgan fingerprint density at radius 1 is 1.65 bits per heavy atom. The summed E-state index contributed by atoms with van der Waals surface area (Å²) in [4.78, 5) is 1.31. The van der Waals surface area contributed by atoms with E-state index in [1.165, 1.54) is 9.18 Å². The molecule has 1 aromatic rings. The molecule has 1 unspecified atom stereocenters. The maximum absolute atomic E-state index is 12.2. The van der Waals surface area contributed by atoms with Crippen LogP contribution in [-0.2, 0) is 23.0 Å². The monoisotopic (exact) mass is 290 g/mol. The van der Waals surface area contributed by atoms with Gasteiger partial charge in [-0.1, -0.05) is 12.2 Å². The number of nitrogens with two attached hydrogens (primary N) is 1. The Morgan fingerprint density at radius 2 is 2.35 bits per heavy atom. The van der Waals surface area contributed by atoms with E-state index in [1.807, 2.05) is 11.4 Å². The first-order chi connectivity index (χ1) is 7.93. The summed E-state index contributed by atoms with van der Waals surface area (Å²) >= 11 is 6.45. The summed E-state index contributed by atoms with van der Waals surface area (Å²) in [6, 6.07) is 1.98. The van der Waals surface area contributed by atoms with Crippen molar-refractivity contribution in [1.29, 1.82) is 0 Å². The van der Waals surface area contributed by atoms with Crippen molar-refractivity contribution in [1.82, 2.24) is 4.31 Å². The van der Waals surface area contributed by atoms with Gasteiger partial charge in [0, 0.05) is 18.0 Å². The van der Waals surface area contributed by atoms with Gasteiger partial charge >= 0.3 is 0 Å². The third kappa shape index (κ3) is 2.37. The molecule has 2 heterocycles. The first-order valence-electron chi connectivity index (χ1n) is 5.26. The van der Waals surface area contributed by atoms with Crippen LogP contribution in [-0.4, -0.2) is 29.5 Å². The Bertz CT molecular complexity index is 536. The van der Waals surface area contributed by atoms with Gasteiger partial charge in [0.1, 0.15) is 5.25 Å². The molecule has 1 atom stereocenters. The summed E-state index contributed by atoms with van der Waals surface area (Å²) in [5.74, 6) is 0. The minimum Gasteiger partial charge on any atom is -0.392 e. The smallest absolute Gasteiger partial charge is 0.223 e. The van der Waals surface area contributed by atoms with Gasteiger partial charge < -0.3 is 5.73 Å². The van der Waals surface area contributed by atoms with Crippen molar-refractivity contribution in [2.75, 3.05) is 6.54 Å². The van der Waals surface area contributed by atoms with E-state index in [-0.39, 0.29) is 4.99 Å². The highest BCUT2D eigenvalue weighted by Gasteiger charge is 2.33. The topological polar surface area (TPSA) is 63.4 Å². The zero-order chi connectivity index (χ0) is 12.6. The number of hydrogen-bond donors (Lipinski definition) is 1. The minimum atomic E-state index is -3.41. The minimum absolute atomic E-state index is 0.0288. The van der Waals surface area contributed by atoms with Gasteiger partial charge in [-0.25, -0.2) is 8.42 Å². The Hall–Kier alpha value is -0.500. The van der Waals surface area contributed by atoms with Gasteiger partial charge in [-0.05, 0) is 30.4 Å². The van der Waals surface area contributed by atoms with E-state index >= 15 is 0 Å². The molecule has 0 radical (unpaired) electrons. The zero-order valence-corrected chi connectivity index (χ0v) is 11.9. The van der Waals surface area contributed by atoms with E-state index in [9.17, 15) is 8.42 Å². The van der Waals surface area contributed by atoms with E-state index in [0.29, 0.717) is 13.1 Å². The molecule has 2 N–H and O–H groups in total. The van der Waals surface area contributed by atoms with Crippen LogP contribution in [0.15, 0.2) is 11.4 Å². The second kappa shape index (κ2) is 4.64. The summed E-state index contributed by atoms with van der Waals surface area (Å²) in [6.45, 7) is 2.50. The Kier molecular flexibility index (Phi) is 3.53. The fraction of sp³-hybridized carbons (Fsp3) is 0.500. The largest absolute Gasteiger partial charge is 0.392 e. The standard InChI is InChI=1S/C10H14N2O2S3/c1-7(10(11)15)17(13,14)12-4-2-9-8(6-12)3-5-16-9/h3,5,7H,2,4,6H2,1H3,(H2,11,15). The molecule has 7 heteroatoms. The molecule has 1 aromatic heterocycles. The van der Waals surface area contributed by atoms with E-state index in [2.05, 4.69) is 0 Å². The van der Waals surface area contributed by atoms with Gasteiger partial charge in [-0.15, -0.1) is 11.3 Å². The van der Waals surface area contributed by atoms with Gasteiger partial charge in [0.2, 0.25) is 10.0 Å². The Morgan fingerprint density at radius 3 is 3.00 bits per heavy atom. The third-order valence-electron chi connectivity index (χ3n) is 2.98. The van der Waals surface area contributed by atoms with Gasteiger partial charge in [-0.3, -0.25) is 0 Å². The zero-order valence-electron chi connectivity index (χ0n) is 9.42. The van der Waals surface area contributed by atoms with Crippen LogP contribution in [0.2, 0.25) is 0 Å². The number of thiophene rings is 1. The summed E-state index contributed by atoms with van der Waals surface area (Å²) < 4.78 is 25.9. The quantitative estimate of drug-likeness (QED) is 0.847. The molecule has 4 nitrogen and oxygen atoms in total. The third-order valence-corrected chi connectivity index (χ3v) is 6.68. The molecule has 0 saturated heterocycles. The summed E-state index contributed by atoms with van der Waals surface area (Å²) in [6.07, 6.45) is 0.774. The molecular formula is C10H14N2O2S3. The van der Waals surface area contributed by atoms with Crippen molar-refractivity contribution in [3.63, 3.8) is 0 Å². The van der Waals surface area contributed by atoms with Crippen LogP contribution in [0.3, 0.4) is 0 Å². The van der Waals surface area contributed by atoms with E-state index < -0.39 is 15.3 Å². The van der Waals surface area contributed by atoms with Crippen molar-refractivity contribution < 1.29 is 8.42 Å². The molecule has 0 saturated carbocycles. The van der Waals surface area contributed by atoms with Gasteiger partial charge in [-0.2, -0.15) is 4.31 Å². The molecular weight excluding hydrogens is 276 g/mol. The lowest BCUT2D eigenvalue weighted by Gasteiger charge is -2.28. The first kappa shape index (κ1) is 12.9. The average molecular weight is 290 g/mol. The fourth-order valence-electron chi connectivity index (χ4n) is 1.81. The maximum atomic E-state index is 12.2. The molecule has 94 valence electrons. The number of thiocarbonyl (C=S) groups is 1. The van der Waals surface area contributed by atoms with E-state index in [0.717, 1.165) is 12.0 Å². The summed E-state index contributed by atoms with van der Waals surface area (Å²) in [7, 11) is -3.41. The highest BCUT2D eigenvalue weighted by Crippen LogP contribution is 2.26. The van der Waals surface area contributed by atoms with Crippen LogP contribution in [0.25, 0.3) is 0 Å². The molecule has 2 rings (SSSR count). The number of nitrogens with zero attached hydrogens (tertiary/aromatic N) is 1. The Labute approximate surface area is 110 Å². The lowest BCUT2D eigenvalue weighted by molar-refractivity contribution is 0.392. The normalized spacial score (nSPS) is 18.6. The number of sulfonamides is 1. The first-order valence-corrected chi connectivity index (χ1v) is 8.05.